The lowest BCUT2D eigenvalue weighted by atomic mass is 10.0. The highest BCUT2D eigenvalue weighted by Gasteiger charge is 2.13. The molecule has 0 radical (unpaired) electrons. The predicted molar refractivity (Wildman–Crippen MR) is 53.2 cm³/mol. The molecule has 0 saturated heterocycles. The van der Waals surface area contributed by atoms with Crippen LogP contribution >= 0.6 is 0 Å². The fourth-order valence-corrected chi connectivity index (χ4v) is 1.25. The number of hydrogen-bond donors (Lipinski definition) is 1. The van der Waals surface area contributed by atoms with Gasteiger partial charge in [0.2, 0.25) is 0 Å². The van der Waals surface area contributed by atoms with E-state index in [0.29, 0.717) is 0 Å². The van der Waals surface area contributed by atoms with Crippen molar-refractivity contribution in [3.63, 3.8) is 0 Å². The molecule has 1 atom stereocenters. The Kier molecular flexibility index (Phi) is 3.29. The van der Waals surface area contributed by atoms with Crippen LogP contribution in [0, 0.1) is 6.92 Å². The Morgan fingerprint density at radius 3 is 2.71 bits per heavy atom. The second kappa shape index (κ2) is 4.46. The first-order chi connectivity index (χ1) is 6.65. The highest BCUT2D eigenvalue weighted by atomic mass is 16.7. The number of carboxylic acid groups (broad SMARTS) is 1. The van der Waals surface area contributed by atoms with Gasteiger partial charge in [0.25, 0.3) is 0 Å². The maximum Gasteiger partial charge on any atom is 0.506 e. The molecule has 1 aromatic carbocycles. The van der Waals surface area contributed by atoms with Gasteiger partial charge in [-0.1, -0.05) is 30.8 Å². The van der Waals surface area contributed by atoms with E-state index >= 15 is 0 Å². The van der Waals surface area contributed by atoms with Crippen molar-refractivity contribution in [1.29, 1.82) is 0 Å². The van der Waals surface area contributed by atoms with E-state index in [-0.39, 0.29) is 0 Å². The van der Waals surface area contributed by atoms with Gasteiger partial charge in [-0.2, -0.15) is 0 Å². The second-order valence-electron chi connectivity index (χ2n) is 2.90. The normalized spacial score (nSPS) is 11.8. The van der Waals surface area contributed by atoms with Gasteiger partial charge in [-0.15, -0.1) is 0 Å². The van der Waals surface area contributed by atoms with Crippen LogP contribution in [-0.4, -0.2) is 11.3 Å². The van der Waals surface area contributed by atoms with Crippen LogP contribution in [0.3, 0.4) is 0 Å². The highest BCUT2D eigenvalue weighted by molar-refractivity contribution is 5.58. The fourth-order valence-electron chi connectivity index (χ4n) is 1.25. The standard InChI is InChI=1S/C11H12O3/c1-3-10(14-11(12)13)9-7-5-4-6-8(9)2/h3-7,10H,1H2,2H3,(H,12,13). The molecule has 1 unspecified atom stereocenters. The molecule has 0 aliphatic heterocycles. The van der Waals surface area contributed by atoms with E-state index in [1.807, 2.05) is 31.2 Å². The van der Waals surface area contributed by atoms with Crippen LogP contribution in [0.2, 0.25) is 0 Å². The molecule has 0 aromatic heterocycles. The predicted octanol–water partition coefficient (Wildman–Crippen LogP) is 2.92. The van der Waals surface area contributed by atoms with Gasteiger partial charge < -0.3 is 9.84 Å². The molecule has 1 rings (SSSR count). The third kappa shape index (κ3) is 2.36. The monoisotopic (exact) mass is 192 g/mol. The van der Waals surface area contributed by atoms with Crippen molar-refractivity contribution < 1.29 is 14.6 Å². The summed E-state index contributed by atoms with van der Waals surface area (Å²) in [6.07, 6.45) is -0.414. The van der Waals surface area contributed by atoms with Crippen LogP contribution in [-0.2, 0) is 4.74 Å². The van der Waals surface area contributed by atoms with Crippen LogP contribution in [0.5, 0.6) is 0 Å². The van der Waals surface area contributed by atoms with E-state index in [9.17, 15) is 4.79 Å². The summed E-state index contributed by atoms with van der Waals surface area (Å²) in [5.74, 6) is 0. The molecule has 0 heterocycles. The minimum absolute atomic E-state index is 0.589. The zero-order valence-corrected chi connectivity index (χ0v) is 7.93. The van der Waals surface area contributed by atoms with E-state index in [0.717, 1.165) is 11.1 Å². The van der Waals surface area contributed by atoms with Crippen molar-refractivity contribution in [1.82, 2.24) is 0 Å². The molecule has 0 spiro atoms. The third-order valence-electron chi connectivity index (χ3n) is 1.94. The Balaban J connectivity index is 2.94. The molecule has 1 aromatic rings. The zero-order chi connectivity index (χ0) is 10.6. The number of ether oxygens (including phenoxy) is 1. The third-order valence-corrected chi connectivity index (χ3v) is 1.94. The van der Waals surface area contributed by atoms with Gasteiger partial charge in [0.1, 0.15) is 6.10 Å². The Bertz CT molecular complexity index is 344. The maximum absolute atomic E-state index is 10.4. The number of hydrogen-bond acceptors (Lipinski definition) is 2. The molecule has 74 valence electrons. The van der Waals surface area contributed by atoms with Crippen LogP contribution < -0.4 is 0 Å². The van der Waals surface area contributed by atoms with Gasteiger partial charge in [0.05, 0.1) is 0 Å². The van der Waals surface area contributed by atoms with Crippen LogP contribution in [0.15, 0.2) is 36.9 Å². The number of benzene rings is 1. The molecule has 3 heteroatoms. The van der Waals surface area contributed by atoms with Gasteiger partial charge in [-0.05, 0) is 24.1 Å². The van der Waals surface area contributed by atoms with Crippen molar-refractivity contribution >= 4 is 6.16 Å². The summed E-state index contributed by atoms with van der Waals surface area (Å²) < 4.78 is 4.66. The van der Waals surface area contributed by atoms with Gasteiger partial charge >= 0.3 is 6.16 Å². The van der Waals surface area contributed by atoms with Gasteiger partial charge in [0, 0.05) is 0 Å². The summed E-state index contributed by atoms with van der Waals surface area (Å²) in [7, 11) is 0. The molecule has 0 saturated carbocycles. The topological polar surface area (TPSA) is 46.5 Å². The van der Waals surface area contributed by atoms with Crippen molar-refractivity contribution in [3.05, 3.63) is 48.0 Å². The molecule has 0 aliphatic rings. The molecule has 0 fully saturated rings. The summed E-state index contributed by atoms with van der Waals surface area (Å²) in [6, 6.07) is 7.45. The summed E-state index contributed by atoms with van der Waals surface area (Å²) in [5, 5.41) is 8.50. The lowest BCUT2D eigenvalue weighted by molar-refractivity contribution is 0.0689. The quantitative estimate of drug-likeness (QED) is 0.591. The Morgan fingerprint density at radius 2 is 2.21 bits per heavy atom. The molecule has 3 nitrogen and oxygen atoms in total. The molecule has 1 N–H and O–H groups in total. The zero-order valence-electron chi connectivity index (χ0n) is 7.93. The molecule has 14 heavy (non-hydrogen) atoms. The van der Waals surface area contributed by atoms with E-state index in [4.69, 9.17) is 5.11 Å². The van der Waals surface area contributed by atoms with Gasteiger partial charge in [-0.3, -0.25) is 0 Å². The SMILES string of the molecule is C=CC(OC(=O)O)c1ccccc1C. The molecular formula is C11H12O3. The van der Waals surface area contributed by atoms with Crippen LogP contribution in [0.25, 0.3) is 0 Å². The Hall–Kier alpha value is -1.77. The first-order valence-corrected chi connectivity index (χ1v) is 4.23. The fraction of sp³-hybridized carbons (Fsp3) is 0.182. The lowest BCUT2D eigenvalue weighted by Crippen LogP contribution is -2.07. The van der Waals surface area contributed by atoms with E-state index < -0.39 is 12.3 Å². The average molecular weight is 192 g/mol. The molecule has 0 bridgehead atoms. The van der Waals surface area contributed by atoms with E-state index in [1.165, 1.54) is 6.08 Å². The van der Waals surface area contributed by atoms with Gasteiger partial charge in [0.15, 0.2) is 0 Å². The van der Waals surface area contributed by atoms with Crippen molar-refractivity contribution in [3.8, 4) is 0 Å². The number of carbonyl (C=O) groups is 1. The largest absolute Gasteiger partial charge is 0.506 e. The van der Waals surface area contributed by atoms with Crippen molar-refractivity contribution in [2.75, 3.05) is 0 Å². The Morgan fingerprint density at radius 1 is 1.57 bits per heavy atom. The van der Waals surface area contributed by atoms with Gasteiger partial charge in [-0.25, -0.2) is 4.79 Å². The second-order valence-corrected chi connectivity index (χ2v) is 2.90. The van der Waals surface area contributed by atoms with E-state index in [2.05, 4.69) is 11.3 Å². The molecule has 0 amide bonds. The number of aryl methyl sites for hydroxylation is 1. The maximum atomic E-state index is 10.4. The first-order valence-electron chi connectivity index (χ1n) is 4.23. The smallest absolute Gasteiger partial charge is 0.450 e. The van der Waals surface area contributed by atoms with Crippen molar-refractivity contribution in [2.45, 2.75) is 13.0 Å². The minimum atomic E-state index is -1.29. The molecular weight excluding hydrogens is 180 g/mol. The summed E-state index contributed by atoms with van der Waals surface area (Å²) in [5.41, 5.74) is 1.81. The highest BCUT2D eigenvalue weighted by Crippen LogP contribution is 2.21. The van der Waals surface area contributed by atoms with Crippen LogP contribution in [0.1, 0.15) is 17.2 Å². The lowest BCUT2D eigenvalue weighted by Gasteiger charge is -2.13. The van der Waals surface area contributed by atoms with Crippen LogP contribution in [0.4, 0.5) is 4.79 Å². The summed E-state index contributed by atoms with van der Waals surface area (Å²) in [6.45, 7) is 5.44. The Labute approximate surface area is 82.6 Å². The average Bonchev–Trinajstić information content (AvgIpc) is 2.15. The molecule has 0 aliphatic carbocycles. The summed E-state index contributed by atoms with van der Waals surface area (Å²) in [4.78, 5) is 10.4. The number of rotatable bonds is 3. The first kappa shape index (κ1) is 10.3. The van der Waals surface area contributed by atoms with E-state index in [1.54, 1.807) is 0 Å². The minimum Gasteiger partial charge on any atom is -0.450 e. The van der Waals surface area contributed by atoms with Crippen molar-refractivity contribution in [2.24, 2.45) is 0 Å². The summed E-state index contributed by atoms with van der Waals surface area (Å²) >= 11 is 0.